The molecule has 1 N–H and O–H groups in total. The molecule has 5 heteroatoms. The van der Waals surface area contributed by atoms with Gasteiger partial charge in [0.25, 0.3) is 10.1 Å². The molecule has 0 aliphatic rings. The van der Waals surface area contributed by atoms with E-state index in [1.807, 2.05) is 19.1 Å². The topological polar surface area (TPSA) is 54.4 Å². The summed E-state index contributed by atoms with van der Waals surface area (Å²) < 4.78 is 30.2. The lowest BCUT2D eigenvalue weighted by Gasteiger charge is -2.10. The molecule has 1 rings (SSSR count). The lowest BCUT2D eigenvalue weighted by Crippen LogP contribution is -2.08. The SMILES string of the molecule is C=Cc1cc(CC)cc(Cl)c1CCS(=O)(=O)O. The van der Waals surface area contributed by atoms with Gasteiger partial charge in [0, 0.05) is 5.02 Å². The van der Waals surface area contributed by atoms with Crippen molar-refractivity contribution in [2.75, 3.05) is 5.75 Å². The van der Waals surface area contributed by atoms with Crippen molar-refractivity contribution in [2.45, 2.75) is 19.8 Å². The summed E-state index contributed by atoms with van der Waals surface area (Å²) in [5, 5.41) is 0.517. The highest BCUT2D eigenvalue weighted by Crippen LogP contribution is 2.24. The highest BCUT2D eigenvalue weighted by Gasteiger charge is 2.11. The smallest absolute Gasteiger partial charge is 0.265 e. The van der Waals surface area contributed by atoms with Crippen molar-refractivity contribution in [3.05, 3.63) is 40.4 Å². The summed E-state index contributed by atoms with van der Waals surface area (Å²) in [5.41, 5.74) is 2.59. The minimum absolute atomic E-state index is 0.184. The normalized spacial score (nSPS) is 11.5. The van der Waals surface area contributed by atoms with Crippen LogP contribution in [0.4, 0.5) is 0 Å². The number of benzene rings is 1. The highest BCUT2D eigenvalue weighted by atomic mass is 35.5. The molecule has 0 spiro atoms. The number of hydrogen-bond acceptors (Lipinski definition) is 2. The molecule has 0 radical (unpaired) electrons. The zero-order valence-electron chi connectivity index (χ0n) is 9.61. The monoisotopic (exact) mass is 274 g/mol. The van der Waals surface area contributed by atoms with Gasteiger partial charge in [-0.15, -0.1) is 0 Å². The first-order valence-electron chi connectivity index (χ1n) is 5.26. The zero-order valence-corrected chi connectivity index (χ0v) is 11.2. The summed E-state index contributed by atoms with van der Waals surface area (Å²) in [4.78, 5) is 0. The Balaban J connectivity index is 3.10. The Hall–Kier alpha value is -0.840. The molecule has 0 aliphatic carbocycles. The van der Waals surface area contributed by atoms with E-state index in [4.69, 9.17) is 16.2 Å². The van der Waals surface area contributed by atoms with E-state index in [2.05, 4.69) is 6.58 Å². The summed E-state index contributed by atoms with van der Waals surface area (Å²) in [6.07, 6.45) is 2.67. The molecule has 0 saturated carbocycles. The second-order valence-electron chi connectivity index (χ2n) is 3.74. The van der Waals surface area contributed by atoms with Crippen LogP contribution in [0.2, 0.25) is 5.02 Å². The van der Waals surface area contributed by atoms with Gasteiger partial charge in [-0.2, -0.15) is 8.42 Å². The second kappa shape index (κ2) is 5.67. The van der Waals surface area contributed by atoms with Crippen LogP contribution in [-0.2, 0) is 23.0 Å². The van der Waals surface area contributed by atoms with Crippen LogP contribution in [-0.4, -0.2) is 18.7 Å². The van der Waals surface area contributed by atoms with Crippen LogP contribution < -0.4 is 0 Å². The Morgan fingerprint density at radius 2 is 2.12 bits per heavy atom. The molecule has 3 nitrogen and oxygen atoms in total. The third-order valence-corrected chi connectivity index (χ3v) is 3.59. The van der Waals surface area contributed by atoms with Gasteiger partial charge in [0.15, 0.2) is 0 Å². The first kappa shape index (κ1) is 14.2. The molecule has 0 fully saturated rings. The predicted molar refractivity (Wildman–Crippen MR) is 71.0 cm³/mol. The fourth-order valence-electron chi connectivity index (χ4n) is 1.60. The molecule has 0 unspecified atom stereocenters. The quantitative estimate of drug-likeness (QED) is 0.840. The molecule has 0 heterocycles. The number of rotatable bonds is 5. The van der Waals surface area contributed by atoms with Gasteiger partial charge in [-0.1, -0.05) is 37.2 Å². The minimum Gasteiger partial charge on any atom is -0.286 e. The molecule has 0 aliphatic heterocycles. The average molecular weight is 275 g/mol. The van der Waals surface area contributed by atoms with Crippen LogP contribution in [0.1, 0.15) is 23.6 Å². The third kappa shape index (κ3) is 4.15. The van der Waals surface area contributed by atoms with E-state index in [0.717, 1.165) is 17.5 Å². The van der Waals surface area contributed by atoms with Crippen LogP contribution in [0.25, 0.3) is 6.08 Å². The van der Waals surface area contributed by atoms with E-state index < -0.39 is 10.1 Å². The van der Waals surface area contributed by atoms with Crippen LogP contribution in [0.15, 0.2) is 18.7 Å². The summed E-state index contributed by atoms with van der Waals surface area (Å²) in [5.74, 6) is -0.334. The molecule has 94 valence electrons. The fraction of sp³-hybridized carbons (Fsp3) is 0.333. The molecule has 17 heavy (non-hydrogen) atoms. The second-order valence-corrected chi connectivity index (χ2v) is 5.72. The van der Waals surface area contributed by atoms with Crippen molar-refractivity contribution in [3.8, 4) is 0 Å². The van der Waals surface area contributed by atoms with E-state index in [-0.39, 0.29) is 12.2 Å². The van der Waals surface area contributed by atoms with Crippen LogP contribution in [0, 0.1) is 0 Å². The van der Waals surface area contributed by atoms with Gasteiger partial charge in [0.1, 0.15) is 0 Å². The lowest BCUT2D eigenvalue weighted by molar-refractivity contribution is 0.482. The predicted octanol–water partition coefficient (Wildman–Crippen LogP) is 2.98. The van der Waals surface area contributed by atoms with E-state index >= 15 is 0 Å². The van der Waals surface area contributed by atoms with Crippen molar-refractivity contribution in [1.82, 2.24) is 0 Å². The van der Waals surface area contributed by atoms with E-state index in [0.29, 0.717) is 10.6 Å². The maximum Gasteiger partial charge on any atom is 0.265 e. The maximum atomic E-state index is 10.7. The Labute approximate surface area is 107 Å². The van der Waals surface area contributed by atoms with E-state index in [1.54, 1.807) is 6.08 Å². The summed E-state index contributed by atoms with van der Waals surface area (Å²) in [6.45, 7) is 5.69. The first-order valence-corrected chi connectivity index (χ1v) is 7.25. The van der Waals surface area contributed by atoms with Crippen molar-refractivity contribution in [1.29, 1.82) is 0 Å². The van der Waals surface area contributed by atoms with Gasteiger partial charge < -0.3 is 0 Å². The third-order valence-electron chi connectivity index (χ3n) is 2.53. The maximum absolute atomic E-state index is 10.7. The van der Waals surface area contributed by atoms with Gasteiger partial charge in [-0.25, -0.2) is 0 Å². The molecular weight excluding hydrogens is 260 g/mol. The van der Waals surface area contributed by atoms with Gasteiger partial charge >= 0.3 is 0 Å². The summed E-state index contributed by atoms with van der Waals surface area (Å²) in [6, 6.07) is 3.74. The molecule has 0 bridgehead atoms. The lowest BCUT2D eigenvalue weighted by atomic mass is 10.0. The molecule has 1 aromatic carbocycles. The van der Waals surface area contributed by atoms with Gasteiger partial charge in [0.2, 0.25) is 0 Å². The van der Waals surface area contributed by atoms with Crippen LogP contribution in [0.5, 0.6) is 0 Å². The molecule has 0 amide bonds. The molecule has 0 saturated heterocycles. The zero-order chi connectivity index (χ0) is 13.1. The summed E-state index contributed by atoms with van der Waals surface area (Å²) in [7, 11) is -3.97. The Kier molecular flexibility index (Phi) is 4.74. The standard InChI is InChI=1S/C12H15ClO3S/c1-3-9-7-10(4-2)11(12(13)8-9)5-6-17(14,15)16/h4,7-8H,2-3,5-6H2,1H3,(H,14,15,16). The van der Waals surface area contributed by atoms with Gasteiger partial charge in [-0.05, 0) is 35.6 Å². The van der Waals surface area contributed by atoms with E-state index in [9.17, 15) is 8.42 Å². The van der Waals surface area contributed by atoms with Crippen LogP contribution in [0.3, 0.4) is 0 Å². The Morgan fingerprint density at radius 1 is 1.47 bits per heavy atom. The van der Waals surface area contributed by atoms with Crippen molar-refractivity contribution >= 4 is 27.8 Å². The molecule has 1 aromatic rings. The highest BCUT2D eigenvalue weighted by molar-refractivity contribution is 7.85. The molecule has 0 atom stereocenters. The summed E-state index contributed by atoms with van der Waals surface area (Å²) >= 11 is 6.10. The molecule has 0 aromatic heterocycles. The molecular formula is C12H15ClO3S. The Morgan fingerprint density at radius 3 is 2.59 bits per heavy atom. The van der Waals surface area contributed by atoms with Gasteiger partial charge in [-0.3, -0.25) is 4.55 Å². The number of halogens is 1. The largest absolute Gasteiger partial charge is 0.286 e. The Bertz CT molecular complexity index is 521. The van der Waals surface area contributed by atoms with E-state index in [1.165, 1.54) is 0 Å². The average Bonchev–Trinajstić information content (AvgIpc) is 2.25. The van der Waals surface area contributed by atoms with Crippen molar-refractivity contribution < 1.29 is 13.0 Å². The first-order chi connectivity index (χ1) is 7.87. The van der Waals surface area contributed by atoms with Crippen molar-refractivity contribution in [3.63, 3.8) is 0 Å². The number of aryl methyl sites for hydroxylation is 1. The van der Waals surface area contributed by atoms with Gasteiger partial charge in [0.05, 0.1) is 5.75 Å². The van der Waals surface area contributed by atoms with Crippen LogP contribution >= 0.6 is 11.6 Å². The minimum atomic E-state index is -3.97. The fourth-order valence-corrected chi connectivity index (χ4v) is 2.40. The van der Waals surface area contributed by atoms with Crippen molar-refractivity contribution in [2.24, 2.45) is 0 Å². The number of hydrogen-bond donors (Lipinski definition) is 1.